The standard InChI is InChI=1S/C21H26N2OS/c1-5-24-21-16(10-8-13-22-21)15(2)20-17-9-6-7-11-18(17)25-19(20)12-14-23(3)4/h6-11,13,15H,5,12,14H2,1-4H3/t15-/m0/s1. The van der Waals surface area contributed by atoms with E-state index < -0.39 is 0 Å². The van der Waals surface area contributed by atoms with Crippen molar-refractivity contribution in [3.05, 3.63) is 58.6 Å². The van der Waals surface area contributed by atoms with Gasteiger partial charge in [-0.15, -0.1) is 11.3 Å². The molecular weight excluding hydrogens is 328 g/mol. The molecule has 25 heavy (non-hydrogen) atoms. The number of pyridine rings is 1. The van der Waals surface area contributed by atoms with E-state index in [1.165, 1.54) is 26.1 Å². The van der Waals surface area contributed by atoms with Crippen LogP contribution in [0.3, 0.4) is 0 Å². The number of aromatic nitrogens is 1. The Kier molecular flexibility index (Phi) is 5.71. The van der Waals surface area contributed by atoms with Gasteiger partial charge in [-0.3, -0.25) is 0 Å². The van der Waals surface area contributed by atoms with Gasteiger partial charge in [-0.1, -0.05) is 31.2 Å². The first-order valence-corrected chi connectivity index (χ1v) is 9.66. The lowest BCUT2D eigenvalue weighted by Gasteiger charge is -2.18. The monoisotopic (exact) mass is 354 g/mol. The van der Waals surface area contributed by atoms with Crippen molar-refractivity contribution < 1.29 is 4.74 Å². The number of fused-ring (bicyclic) bond motifs is 1. The highest BCUT2D eigenvalue weighted by atomic mass is 32.1. The molecule has 0 spiro atoms. The largest absolute Gasteiger partial charge is 0.478 e. The number of rotatable bonds is 7. The van der Waals surface area contributed by atoms with Gasteiger partial charge in [0.05, 0.1) is 6.61 Å². The number of benzene rings is 1. The predicted octanol–water partition coefficient (Wildman–Crippen LogP) is 4.95. The molecule has 3 rings (SSSR count). The van der Waals surface area contributed by atoms with Crippen molar-refractivity contribution in [2.24, 2.45) is 0 Å². The van der Waals surface area contributed by atoms with Crippen molar-refractivity contribution in [3.8, 4) is 5.88 Å². The molecule has 0 aliphatic carbocycles. The maximum atomic E-state index is 5.79. The topological polar surface area (TPSA) is 25.4 Å². The fourth-order valence-corrected chi connectivity index (χ4v) is 4.54. The van der Waals surface area contributed by atoms with Crippen molar-refractivity contribution in [3.63, 3.8) is 0 Å². The van der Waals surface area contributed by atoms with Gasteiger partial charge in [0.15, 0.2) is 0 Å². The summed E-state index contributed by atoms with van der Waals surface area (Å²) < 4.78 is 7.15. The predicted molar refractivity (Wildman–Crippen MR) is 107 cm³/mol. The van der Waals surface area contributed by atoms with E-state index in [1.807, 2.05) is 24.3 Å². The molecular formula is C21H26N2OS. The van der Waals surface area contributed by atoms with E-state index in [0.29, 0.717) is 6.61 Å². The molecule has 3 nitrogen and oxygen atoms in total. The molecule has 0 radical (unpaired) electrons. The van der Waals surface area contributed by atoms with Crippen LogP contribution in [-0.2, 0) is 6.42 Å². The van der Waals surface area contributed by atoms with Crippen molar-refractivity contribution >= 4 is 21.4 Å². The van der Waals surface area contributed by atoms with Crippen LogP contribution >= 0.6 is 11.3 Å². The first-order chi connectivity index (χ1) is 12.1. The van der Waals surface area contributed by atoms with Gasteiger partial charge in [-0.25, -0.2) is 4.98 Å². The summed E-state index contributed by atoms with van der Waals surface area (Å²) in [5.74, 6) is 1.01. The second-order valence-corrected chi connectivity index (χ2v) is 7.68. The van der Waals surface area contributed by atoms with Crippen LogP contribution in [0.15, 0.2) is 42.6 Å². The highest BCUT2D eigenvalue weighted by molar-refractivity contribution is 7.19. The lowest BCUT2D eigenvalue weighted by molar-refractivity contribution is 0.322. The Morgan fingerprint density at radius 2 is 1.96 bits per heavy atom. The minimum Gasteiger partial charge on any atom is -0.478 e. The molecule has 0 N–H and O–H groups in total. The molecule has 0 aliphatic rings. The first kappa shape index (κ1) is 17.9. The summed E-state index contributed by atoms with van der Waals surface area (Å²) >= 11 is 1.92. The van der Waals surface area contributed by atoms with Crippen molar-refractivity contribution in [1.82, 2.24) is 9.88 Å². The molecule has 0 aliphatic heterocycles. The van der Waals surface area contributed by atoms with E-state index in [9.17, 15) is 0 Å². The van der Waals surface area contributed by atoms with Crippen LogP contribution in [0, 0.1) is 0 Å². The minimum atomic E-state index is 0.253. The normalized spacial score (nSPS) is 12.7. The summed E-state index contributed by atoms with van der Waals surface area (Å²) in [5.41, 5.74) is 2.59. The van der Waals surface area contributed by atoms with Gasteiger partial charge in [-0.2, -0.15) is 0 Å². The lowest BCUT2D eigenvalue weighted by atomic mass is 9.90. The Morgan fingerprint density at radius 3 is 2.72 bits per heavy atom. The zero-order chi connectivity index (χ0) is 17.8. The second-order valence-electron chi connectivity index (χ2n) is 6.54. The molecule has 132 valence electrons. The molecule has 2 heterocycles. The molecule has 3 aromatic rings. The van der Waals surface area contributed by atoms with Crippen LogP contribution in [0.4, 0.5) is 0 Å². The van der Waals surface area contributed by atoms with Crippen LogP contribution in [0.2, 0.25) is 0 Å². The number of hydrogen-bond donors (Lipinski definition) is 0. The molecule has 1 atom stereocenters. The zero-order valence-corrected chi connectivity index (χ0v) is 16.3. The Labute approximate surface area is 154 Å². The van der Waals surface area contributed by atoms with Crippen molar-refractivity contribution in [2.45, 2.75) is 26.2 Å². The molecule has 2 aromatic heterocycles. The van der Waals surface area contributed by atoms with Crippen LogP contribution in [0.1, 0.15) is 35.8 Å². The number of thiophene rings is 1. The van der Waals surface area contributed by atoms with Crippen molar-refractivity contribution in [1.29, 1.82) is 0 Å². The Balaban J connectivity index is 2.08. The fourth-order valence-electron chi connectivity index (χ4n) is 3.25. The summed E-state index contributed by atoms with van der Waals surface area (Å²) in [4.78, 5) is 8.17. The van der Waals surface area contributed by atoms with Crippen LogP contribution < -0.4 is 4.74 Å². The molecule has 4 heteroatoms. The third-order valence-corrected chi connectivity index (χ3v) is 5.72. The third kappa shape index (κ3) is 3.86. The highest BCUT2D eigenvalue weighted by Crippen LogP contribution is 2.41. The van der Waals surface area contributed by atoms with Crippen molar-refractivity contribution in [2.75, 3.05) is 27.2 Å². The molecule has 0 fully saturated rings. The summed E-state index contributed by atoms with van der Waals surface area (Å²) in [6.45, 7) is 5.96. The maximum absolute atomic E-state index is 5.79. The van der Waals surface area contributed by atoms with Gasteiger partial charge in [0, 0.05) is 33.8 Å². The molecule has 0 amide bonds. The zero-order valence-electron chi connectivity index (χ0n) is 15.5. The smallest absolute Gasteiger partial charge is 0.217 e. The number of ether oxygens (including phenoxy) is 1. The Hall–Kier alpha value is -1.91. The summed E-state index contributed by atoms with van der Waals surface area (Å²) in [7, 11) is 4.26. The van der Waals surface area contributed by atoms with E-state index in [0.717, 1.165) is 18.8 Å². The molecule has 0 bridgehead atoms. The van der Waals surface area contributed by atoms with E-state index >= 15 is 0 Å². The SMILES string of the molecule is CCOc1ncccc1[C@H](C)c1c(CCN(C)C)sc2ccccc12. The Bertz CT molecular complexity index is 841. The maximum Gasteiger partial charge on any atom is 0.217 e. The summed E-state index contributed by atoms with van der Waals surface area (Å²) in [6.07, 6.45) is 2.87. The van der Waals surface area contributed by atoms with Gasteiger partial charge in [0.2, 0.25) is 5.88 Å². The first-order valence-electron chi connectivity index (χ1n) is 8.84. The third-order valence-electron chi connectivity index (χ3n) is 4.48. The van der Waals surface area contributed by atoms with Gasteiger partial charge >= 0.3 is 0 Å². The van der Waals surface area contributed by atoms with Gasteiger partial charge in [-0.05, 0) is 50.5 Å². The fraction of sp³-hybridized carbons (Fsp3) is 0.381. The summed E-state index contributed by atoms with van der Waals surface area (Å²) in [5, 5.41) is 1.36. The highest BCUT2D eigenvalue weighted by Gasteiger charge is 2.22. The Morgan fingerprint density at radius 1 is 1.16 bits per heavy atom. The second kappa shape index (κ2) is 7.98. The van der Waals surface area contributed by atoms with E-state index in [2.05, 4.69) is 61.2 Å². The molecule has 0 saturated carbocycles. The van der Waals surface area contributed by atoms with Crippen LogP contribution in [0.5, 0.6) is 5.88 Å². The molecule has 0 saturated heterocycles. The van der Waals surface area contributed by atoms with Crippen LogP contribution in [-0.4, -0.2) is 37.1 Å². The number of hydrogen-bond acceptors (Lipinski definition) is 4. The average molecular weight is 355 g/mol. The number of likely N-dealkylation sites (N-methyl/N-ethyl adjacent to an activating group) is 1. The molecule has 1 aromatic carbocycles. The van der Waals surface area contributed by atoms with E-state index in [-0.39, 0.29) is 5.92 Å². The van der Waals surface area contributed by atoms with Gasteiger partial charge in [0.1, 0.15) is 0 Å². The van der Waals surface area contributed by atoms with Gasteiger partial charge in [0.25, 0.3) is 0 Å². The van der Waals surface area contributed by atoms with Crippen LogP contribution in [0.25, 0.3) is 10.1 Å². The van der Waals surface area contributed by atoms with Gasteiger partial charge < -0.3 is 9.64 Å². The average Bonchev–Trinajstić information content (AvgIpc) is 2.98. The number of nitrogens with zero attached hydrogens (tertiary/aromatic N) is 2. The molecule has 0 unspecified atom stereocenters. The van der Waals surface area contributed by atoms with E-state index in [4.69, 9.17) is 4.74 Å². The quantitative estimate of drug-likeness (QED) is 0.600. The summed E-state index contributed by atoms with van der Waals surface area (Å²) in [6, 6.07) is 12.9. The lowest BCUT2D eigenvalue weighted by Crippen LogP contribution is -2.15. The minimum absolute atomic E-state index is 0.253. The van der Waals surface area contributed by atoms with E-state index in [1.54, 1.807) is 6.20 Å².